The van der Waals surface area contributed by atoms with E-state index in [1.54, 1.807) is 7.11 Å². The van der Waals surface area contributed by atoms with E-state index < -0.39 is 41.4 Å². The van der Waals surface area contributed by atoms with Gasteiger partial charge in [-0.05, 0) is 0 Å². The molecule has 0 spiro atoms. The van der Waals surface area contributed by atoms with Crippen LogP contribution >= 0.6 is 0 Å². The van der Waals surface area contributed by atoms with Crippen molar-refractivity contribution in [2.75, 3.05) is 318 Å². The molecule has 0 radical (unpaired) electrons. The molecule has 0 N–H and O–H groups in total. The zero-order valence-electron chi connectivity index (χ0n) is 50.6. The van der Waals surface area contributed by atoms with Crippen molar-refractivity contribution in [1.29, 1.82) is 0 Å². The van der Waals surface area contributed by atoms with E-state index in [4.69, 9.17) is 114 Å². The van der Waals surface area contributed by atoms with Crippen molar-refractivity contribution in [3.63, 3.8) is 0 Å². The highest BCUT2D eigenvalue weighted by Gasteiger charge is 2.23. The maximum absolute atomic E-state index is 13.6. The summed E-state index contributed by atoms with van der Waals surface area (Å²) in [5.74, 6) is -9.51. The Morgan fingerprint density at radius 1 is 0.244 bits per heavy atom. The van der Waals surface area contributed by atoms with Gasteiger partial charge in [0.25, 0.3) is 0 Å². The van der Waals surface area contributed by atoms with Crippen LogP contribution in [0.15, 0.2) is 6.07 Å². The predicted octanol–water partition coefficient (Wildman–Crippen LogP) is 2.57. The molecule has 508 valence electrons. The van der Waals surface area contributed by atoms with E-state index >= 15 is 0 Å². The molecular weight excluding hydrogens is 1160 g/mol. The van der Waals surface area contributed by atoms with Gasteiger partial charge in [0.1, 0.15) is 0 Å². The lowest BCUT2D eigenvalue weighted by molar-refractivity contribution is -0.136. The van der Waals surface area contributed by atoms with Crippen molar-refractivity contribution in [3.8, 4) is 5.75 Å². The van der Waals surface area contributed by atoms with Gasteiger partial charge in [-0.15, -0.1) is 0 Å². The van der Waals surface area contributed by atoms with Crippen LogP contribution in [-0.2, 0) is 118 Å². The first-order valence-electron chi connectivity index (χ1n) is 29.3. The lowest BCUT2D eigenvalue weighted by atomic mass is 10.3. The smallest absolute Gasteiger partial charge is 0.313 e. The predicted molar refractivity (Wildman–Crippen MR) is 297 cm³/mol. The Morgan fingerprint density at radius 2 is 0.384 bits per heavy atom. The number of methoxy groups -OCH3 is 1. The maximum Gasteiger partial charge on any atom is 0.313 e. The minimum atomic E-state index is -1.80. The second kappa shape index (κ2) is 68.4. The zero-order valence-corrected chi connectivity index (χ0v) is 50.6. The van der Waals surface area contributed by atoms with Crippen LogP contribution in [0.2, 0.25) is 0 Å². The number of rotatable bonds is 73. The van der Waals surface area contributed by atoms with E-state index in [1.165, 1.54) is 0 Å². The summed E-state index contributed by atoms with van der Waals surface area (Å²) in [5, 5.41) is 0. The molecule has 1 aromatic rings. The van der Waals surface area contributed by atoms with Gasteiger partial charge in [0, 0.05) is 13.2 Å². The molecule has 0 saturated heterocycles. The molecule has 0 aliphatic carbocycles. The van der Waals surface area contributed by atoms with Crippen molar-refractivity contribution in [1.82, 2.24) is 0 Å². The highest BCUT2D eigenvalue weighted by atomic mass is 19.2. The topological polar surface area (TPSA) is 248 Å². The van der Waals surface area contributed by atoms with Crippen LogP contribution in [0.3, 0.4) is 0 Å². The van der Waals surface area contributed by atoms with E-state index in [1.807, 2.05) is 0 Å². The fourth-order valence-corrected chi connectivity index (χ4v) is 6.04. The molecule has 1 rings (SSSR count). The van der Waals surface area contributed by atoms with Gasteiger partial charge in [-0.25, -0.2) is 8.78 Å². The molecule has 26 nitrogen and oxygen atoms in total. The van der Waals surface area contributed by atoms with Crippen LogP contribution in [0.25, 0.3) is 0 Å². The average Bonchev–Trinajstić information content (AvgIpc) is 2.27. The van der Waals surface area contributed by atoms with Gasteiger partial charge in [-0.1, -0.05) is 0 Å². The van der Waals surface area contributed by atoms with Gasteiger partial charge in [0.05, 0.1) is 317 Å². The molecule has 0 aliphatic rings. The molecule has 0 fully saturated rings. The fraction of sp³-hybridized carbons (Fsp3) is 0.875. The second-order valence-corrected chi connectivity index (χ2v) is 17.1. The van der Waals surface area contributed by atoms with E-state index in [0.717, 1.165) is 0 Å². The van der Waals surface area contributed by atoms with Gasteiger partial charge in [0.15, 0.2) is 11.6 Å². The highest BCUT2D eigenvalue weighted by Crippen LogP contribution is 2.26. The quantitative estimate of drug-likeness (QED) is 0.0299. The Labute approximate surface area is 504 Å². The molecule has 0 atom stereocenters. The third-order valence-electron chi connectivity index (χ3n) is 10.4. The summed E-state index contributed by atoms with van der Waals surface area (Å²) >= 11 is 0. The second-order valence-electron chi connectivity index (χ2n) is 17.1. The molecule has 86 heavy (non-hydrogen) atoms. The number of hydrogen-bond acceptors (Lipinski definition) is 26. The van der Waals surface area contributed by atoms with Crippen molar-refractivity contribution in [3.05, 3.63) is 29.3 Å². The summed E-state index contributed by atoms with van der Waals surface area (Å²) in [7, 11) is 1.64. The first-order valence-corrected chi connectivity index (χ1v) is 29.3. The van der Waals surface area contributed by atoms with Gasteiger partial charge >= 0.3 is 5.97 Å². The Balaban J connectivity index is 1.62. The molecule has 0 aliphatic heterocycles. The molecule has 0 amide bonds. The monoisotopic (exact) mass is 1260 g/mol. The number of carbonyl (C=O) groups excluding carboxylic acids is 1. The summed E-state index contributed by atoms with van der Waals surface area (Å²) < 4.78 is 188. The number of ether oxygens (including phenoxy) is 25. The lowest BCUT2D eigenvalue weighted by Gasteiger charge is -2.09. The Hall–Kier alpha value is -2.55. The fourth-order valence-electron chi connectivity index (χ4n) is 6.04. The third kappa shape index (κ3) is 59.1. The first-order chi connectivity index (χ1) is 42.5. The first kappa shape index (κ1) is 81.5. The summed E-state index contributed by atoms with van der Waals surface area (Å²) in [5.41, 5.74) is 0. The number of esters is 1. The van der Waals surface area contributed by atoms with E-state index in [2.05, 4.69) is 4.74 Å². The van der Waals surface area contributed by atoms with Crippen LogP contribution in [0, 0.1) is 23.3 Å². The number of halogens is 4. The molecule has 0 aromatic heterocycles. The highest BCUT2D eigenvalue weighted by molar-refractivity contribution is 5.72. The summed E-state index contributed by atoms with van der Waals surface area (Å²) in [6.45, 7) is 20.6. The minimum absolute atomic E-state index is 0.0165. The van der Waals surface area contributed by atoms with Crippen LogP contribution in [0.1, 0.15) is 6.42 Å². The standard InChI is InChI=1S/C56H100F4O26/c1-62-4-5-64-8-9-66-12-13-68-16-17-70-20-21-72-24-25-74-28-29-76-32-33-78-36-37-80-40-41-82-44-45-84-48-49-85-47-46-83-43-42-81-39-38-79-35-34-77-31-30-75-27-26-73-23-22-71-19-18-69-15-14-67-11-10-65-7-6-63-3-2-53(61)86-56-54(59)51(57)50-52(58)55(56)60/h50H,2-49H2,1H3. The Bertz CT molecular complexity index is 1530. The van der Waals surface area contributed by atoms with E-state index in [-0.39, 0.29) is 25.9 Å². The van der Waals surface area contributed by atoms with Crippen molar-refractivity contribution >= 4 is 5.97 Å². The molecule has 30 heteroatoms. The van der Waals surface area contributed by atoms with Crippen LogP contribution in [-0.4, -0.2) is 324 Å². The van der Waals surface area contributed by atoms with Crippen molar-refractivity contribution in [2.24, 2.45) is 0 Å². The number of carbonyl (C=O) groups is 1. The number of benzene rings is 1. The maximum atomic E-state index is 13.6. The van der Waals surface area contributed by atoms with Crippen LogP contribution < -0.4 is 4.74 Å². The summed E-state index contributed by atoms with van der Waals surface area (Å²) in [6, 6.07) is 0.0165. The molecule has 0 heterocycles. The van der Waals surface area contributed by atoms with E-state index in [0.29, 0.717) is 291 Å². The normalized spacial score (nSPS) is 11.7. The van der Waals surface area contributed by atoms with Gasteiger partial charge < -0.3 is 118 Å². The molecule has 1 aromatic carbocycles. The van der Waals surface area contributed by atoms with Gasteiger partial charge in [0.2, 0.25) is 17.4 Å². The summed E-state index contributed by atoms with van der Waals surface area (Å²) in [6.07, 6.45) is -0.401. The Morgan fingerprint density at radius 3 is 0.535 bits per heavy atom. The summed E-state index contributed by atoms with van der Waals surface area (Å²) in [4.78, 5) is 11.7. The van der Waals surface area contributed by atoms with Crippen LogP contribution in [0.5, 0.6) is 5.75 Å². The molecule has 0 unspecified atom stereocenters. The molecular formula is C56H100F4O26. The molecule has 0 bridgehead atoms. The largest absolute Gasteiger partial charge is 0.420 e. The van der Waals surface area contributed by atoms with Crippen molar-refractivity contribution < 1.29 is 141 Å². The average molecular weight is 1270 g/mol. The van der Waals surface area contributed by atoms with Crippen molar-refractivity contribution in [2.45, 2.75) is 6.42 Å². The van der Waals surface area contributed by atoms with Crippen LogP contribution in [0.4, 0.5) is 17.6 Å². The minimum Gasteiger partial charge on any atom is -0.420 e. The van der Waals surface area contributed by atoms with Gasteiger partial charge in [-0.3, -0.25) is 4.79 Å². The van der Waals surface area contributed by atoms with Gasteiger partial charge in [-0.2, -0.15) is 8.78 Å². The zero-order chi connectivity index (χ0) is 61.8. The molecule has 0 saturated carbocycles. The SMILES string of the molecule is COCCOCCOCCOCCOCCOCCOCCOCCOCCOCCOCCOCCOCCOCCOCCOCCOCCOCCOCCOCCOCCOCCOCCOCCC(=O)Oc1c(F)c(F)cc(F)c1F. The number of hydrogen-bond donors (Lipinski definition) is 0. The third-order valence-corrected chi connectivity index (χ3v) is 10.4. The lowest BCUT2D eigenvalue weighted by Crippen LogP contribution is -2.16. The van der Waals surface area contributed by atoms with E-state index in [9.17, 15) is 22.4 Å². The Kier molecular flexibility index (Phi) is 64.8.